The van der Waals surface area contributed by atoms with E-state index in [0.717, 1.165) is 6.54 Å². The van der Waals surface area contributed by atoms with Gasteiger partial charge < -0.3 is 10.2 Å². The van der Waals surface area contributed by atoms with Crippen LogP contribution in [0.4, 0.5) is 10.2 Å². The zero-order chi connectivity index (χ0) is 16.2. The molecule has 0 amide bonds. The minimum Gasteiger partial charge on any atom is -0.351 e. The van der Waals surface area contributed by atoms with Crippen LogP contribution in [0.1, 0.15) is 54.0 Å². The quantitative estimate of drug-likeness (QED) is 0.860. The number of hydrogen-bond acceptors (Lipinski definition) is 3. The summed E-state index contributed by atoms with van der Waals surface area (Å²) in [6, 6.07) is 1.98. The molecule has 0 aliphatic rings. The molecule has 0 atom stereocenters. The molecule has 4 heteroatoms. The Morgan fingerprint density at radius 1 is 1.24 bits per heavy atom. The molecule has 120 valence electrons. The Morgan fingerprint density at radius 2 is 1.86 bits per heavy atom. The summed E-state index contributed by atoms with van der Waals surface area (Å²) in [5.74, 6) is 0.723. The predicted molar refractivity (Wildman–Crippen MR) is 88.1 cm³/mol. The van der Waals surface area contributed by atoms with Gasteiger partial charge >= 0.3 is 0 Å². The first-order chi connectivity index (χ1) is 9.61. The van der Waals surface area contributed by atoms with Gasteiger partial charge in [-0.05, 0) is 46.6 Å². The summed E-state index contributed by atoms with van der Waals surface area (Å²) in [5, 5.41) is 3.33. The molecule has 0 radical (unpaired) electrons. The highest BCUT2D eigenvalue weighted by Crippen LogP contribution is 2.23. The molecule has 0 saturated carbocycles. The van der Waals surface area contributed by atoms with Crippen molar-refractivity contribution in [3.8, 4) is 0 Å². The first-order valence-electron chi connectivity index (χ1n) is 7.77. The number of pyridine rings is 1. The Balaban J connectivity index is 3.02. The molecule has 1 aromatic rings. The number of nitrogens with zero attached hydrogens (tertiary/aromatic N) is 2. The van der Waals surface area contributed by atoms with E-state index in [-0.39, 0.29) is 17.4 Å². The lowest BCUT2D eigenvalue weighted by molar-refractivity contribution is 0.417. The Hall–Kier alpha value is -1.16. The van der Waals surface area contributed by atoms with E-state index in [1.54, 1.807) is 12.3 Å². The maximum absolute atomic E-state index is 14.8. The van der Waals surface area contributed by atoms with Crippen LogP contribution in [0.2, 0.25) is 0 Å². The van der Waals surface area contributed by atoms with Crippen molar-refractivity contribution in [2.45, 2.75) is 66.6 Å². The van der Waals surface area contributed by atoms with Gasteiger partial charge in [-0.25, -0.2) is 9.37 Å². The minimum absolute atomic E-state index is 0.0362. The van der Waals surface area contributed by atoms with Crippen molar-refractivity contribution in [3.63, 3.8) is 0 Å². The first-order valence-corrected chi connectivity index (χ1v) is 7.77. The largest absolute Gasteiger partial charge is 0.351 e. The standard InChI is InChI=1S/C17H30FN3/c1-12(2)11-21(13(3)4)16-15(18)14(8-9-19-16)10-20-17(5,6)7/h8-9,12-13,20H,10-11H2,1-7H3. The van der Waals surface area contributed by atoms with Crippen LogP contribution in [-0.2, 0) is 6.54 Å². The van der Waals surface area contributed by atoms with Gasteiger partial charge in [-0.15, -0.1) is 0 Å². The molecule has 0 aromatic carbocycles. The Morgan fingerprint density at radius 3 is 2.33 bits per heavy atom. The lowest BCUT2D eigenvalue weighted by atomic mass is 10.1. The van der Waals surface area contributed by atoms with E-state index in [0.29, 0.717) is 23.8 Å². The number of anilines is 1. The molecule has 0 unspecified atom stereocenters. The fourth-order valence-electron chi connectivity index (χ4n) is 2.10. The second kappa shape index (κ2) is 7.21. The number of halogens is 1. The predicted octanol–water partition coefficient (Wildman–Crippen LogP) is 3.98. The summed E-state index contributed by atoms with van der Waals surface area (Å²) in [7, 11) is 0. The summed E-state index contributed by atoms with van der Waals surface area (Å²) in [6.07, 6.45) is 1.70. The van der Waals surface area contributed by atoms with Crippen molar-refractivity contribution in [2.75, 3.05) is 11.4 Å². The summed E-state index contributed by atoms with van der Waals surface area (Å²) in [4.78, 5) is 6.32. The second-order valence-electron chi connectivity index (χ2n) is 7.35. The highest BCUT2D eigenvalue weighted by Gasteiger charge is 2.20. The van der Waals surface area contributed by atoms with Gasteiger partial charge in [-0.3, -0.25) is 0 Å². The first kappa shape index (κ1) is 17.9. The van der Waals surface area contributed by atoms with Crippen LogP contribution in [0.5, 0.6) is 0 Å². The van der Waals surface area contributed by atoms with Gasteiger partial charge in [-0.1, -0.05) is 13.8 Å². The molecule has 1 N–H and O–H groups in total. The number of rotatable bonds is 6. The highest BCUT2D eigenvalue weighted by atomic mass is 19.1. The van der Waals surface area contributed by atoms with E-state index in [1.165, 1.54) is 0 Å². The van der Waals surface area contributed by atoms with Crippen LogP contribution >= 0.6 is 0 Å². The summed E-state index contributed by atoms with van der Waals surface area (Å²) in [6.45, 7) is 16.0. The van der Waals surface area contributed by atoms with E-state index in [1.807, 2.05) is 4.90 Å². The van der Waals surface area contributed by atoms with Gasteiger partial charge in [0.05, 0.1) is 0 Å². The normalized spacial score (nSPS) is 12.3. The molecule has 3 nitrogen and oxygen atoms in total. The van der Waals surface area contributed by atoms with Crippen molar-refractivity contribution in [2.24, 2.45) is 5.92 Å². The van der Waals surface area contributed by atoms with Crippen molar-refractivity contribution in [1.29, 1.82) is 0 Å². The molecule has 0 bridgehead atoms. The molecule has 1 heterocycles. The maximum atomic E-state index is 14.8. The van der Waals surface area contributed by atoms with Crippen molar-refractivity contribution < 1.29 is 4.39 Å². The van der Waals surface area contributed by atoms with Gasteiger partial charge in [0.2, 0.25) is 0 Å². The molecule has 1 aromatic heterocycles. The maximum Gasteiger partial charge on any atom is 0.170 e. The van der Waals surface area contributed by atoms with Gasteiger partial charge in [0.15, 0.2) is 11.6 Å². The average molecular weight is 295 g/mol. The Bertz CT molecular complexity index is 450. The van der Waals surface area contributed by atoms with E-state index < -0.39 is 0 Å². The van der Waals surface area contributed by atoms with Crippen molar-refractivity contribution in [3.05, 3.63) is 23.6 Å². The third-order valence-corrected chi connectivity index (χ3v) is 3.22. The minimum atomic E-state index is -0.205. The van der Waals surface area contributed by atoms with Crippen LogP contribution < -0.4 is 10.2 Å². The van der Waals surface area contributed by atoms with E-state index >= 15 is 0 Å². The number of aromatic nitrogens is 1. The summed E-state index contributed by atoms with van der Waals surface area (Å²) in [5.41, 5.74) is 0.635. The van der Waals surface area contributed by atoms with Gasteiger partial charge in [0.25, 0.3) is 0 Å². The van der Waals surface area contributed by atoms with Crippen LogP contribution in [0.3, 0.4) is 0 Å². The van der Waals surface area contributed by atoms with Gasteiger partial charge in [-0.2, -0.15) is 0 Å². The van der Waals surface area contributed by atoms with Crippen LogP contribution in [0, 0.1) is 11.7 Å². The number of hydrogen-bond donors (Lipinski definition) is 1. The monoisotopic (exact) mass is 295 g/mol. The molecule has 21 heavy (non-hydrogen) atoms. The van der Waals surface area contributed by atoms with Crippen molar-refractivity contribution in [1.82, 2.24) is 10.3 Å². The van der Waals surface area contributed by atoms with Crippen LogP contribution in [0.25, 0.3) is 0 Å². The van der Waals surface area contributed by atoms with Crippen molar-refractivity contribution >= 4 is 5.82 Å². The molecule has 1 rings (SSSR count). The SMILES string of the molecule is CC(C)CN(c1nccc(CNC(C)(C)C)c1F)C(C)C. The highest BCUT2D eigenvalue weighted by molar-refractivity contribution is 5.44. The fraction of sp³-hybridized carbons (Fsp3) is 0.706. The summed E-state index contributed by atoms with van der Waals surface area (Å²) < 4.78 is 14.8. The molecule has 0 aliphatic heterocycles. The molecular formula is C17H30FN3. The summed E-state index contributed by atoms with van der Waals surface area (Å²) >= 11 is 0. The van der Waals surface area contributed by atoms with Gasteiger partial charge in [0.1, 0.15) is 0 Å². The van der Waals surface area contributed by atoms with Gasteiger partial charge in [0, 0.05) is 36.4 Å². The molecule has 0 fully saturated rings. The lowest BCUT2D eigenvalue weighted by Gasteiger charge is -2.30. The van der Waals surface area contributed by atoms with Crippen LogP contribution in [0.15, 0.2) is 12.3 Å². The van der Waals surface area contributed by atoms with E-state index in [4.69, 9.17) is 0 Å². The van der Waals surface area contributed by atoms with Crippen LogP contribution in [-0.4, -0.2) is 23.1 Å². The third kappa shape index (κ3) is 5.62. The Kier molecular flexibility index (Phi) is 6.14. The average Bonchev–Trinajstić information content (AvgIpc) is 2.33. The smallest absolute Gasteiger partial charge is 0.170 e. The molecular weight excluding hydrogens is 265 g/mol. The van der Waals surface area contributed by atoms with E-state index in [2.05, 4.69) is 58.8 Å². The zero-order valence-electron chi connectivity index (χ0n) is 14.5. The lowest BCUT2D eigenvalue weighted by Crippen LogP contribution is -2.37. The third-order valence-electron chi connectivity index (χ3n) is 3.22. The topological polar surface area (TPSA) is 28.2 Å². The zero-order valence-corrected chi connectivity index (χ0v) is 14.5. The fourth-order valence-corrected chi connectivity index (χ4v) is 2.10. The number of nitrogens with one attached hydrogen (secondary N) is 1. The second-order valence-corrected chi connectivity index (χ2v) is 7.35. The van der Waals surface area contributed by atoms with E-state index in [9.17, 15) is 4.39 Å². The molecule has 0 saturated heterocycles. The molecule has 0 aliphatic carbocycles. The molecule has 0 spiro atoms. The Labute approximate surface area is 129 Å².